The summed E-state index contributed by atoms with van der Waals surface area (Å²) in [7, 11) is 0. The minimum Gasteiger partial charge on any atom is -0.493 e. The summed E-state index contributed by atoms with van der Waals surface area (Å²) in [5.74, 6) is 3.73. The number of nitrogens with zero attached hydrogens (tertiary/aromatic N) is 3. The molecule has 3 heterocycles. The van der Waals surface area contributed by atoms with Gasteiger partial charge in [-0.15, -0.1) is 0 Å². The number of rotatable bonds is 9. The lowest BCUT2D eigenvalue weighted by molar-refractivity contribution is -0.128. The number of hydrogen-bond acceptors (Lipinski definition) is 7. The Morgan fingerprint density at radius 2 is 1.73 bits per heavy atom. The first-order chi connectivity index (χ1) is 19.1. The molecule has 0 saturated carbocycles. The van der Waals surface area contributed by atoms with Crippen LogP contribution < -0.4 is 9.47 Å². The molecule has 2 atom stereocenters. The molecule has 2 unspecified atom stereocenters. The Bertz CT molecular complexity index is 1110. The molecule has 1 spiro atoms. The maximum Gasteiger partial charge on any atom is 0.170 e. The molecule has 4 aliphatic rings. The molecule has 220 valence electrons. The molecule has 1 aliphatic carbocycles. The van der Waals surface area contributed by atoms with E-state index in [9.17, 15) is 5.11 Å². The molecule has 0 amide bonds. The van der Waals surface area contributed by atoms with E-state index < -0.39 is 0 Å². The normalized spacial score (nSPS) is 24.4. The third-order valence-corrected chi connectivity index (χ3v) is 9.46. The number of aliphatic hydroxyl groups is 1. The highest BCUT2D eigenvalue weighted by atomic mass is 16.7. The van der Waals surface area contributed by atoms with E-state index in [1.165, 1.54) is 11.1 Å². The fourth-order valence-electron chi connectivity index (χ4n) is 6.61. The highest BCUT2D eigenvalue weighted by Crippen LogP contribution is 2.43. The summed E-state index contributed by atoms with van der Waals surface area (Å²) < 4.78 is 12.4. The molecule has 1 aromatic carbocycles. The number of aliphatic hydroxyl groups excluding tert-OH is 1. The van der Waals surface area contributed by atoms with Crippen molar-refractivity contribution in [2.75, 3.05) is 39.4 Å². The highest BCUT2D eigenvalue weighted by molar-refractivity contribution is 5.84. The van der Waals surface area contributed by atoms with Gasteiger partial charge in [0.2, 0.25) is 0 Å². The molecule has 5 rings (SSSR count). The van der Waals surface area contributed by atoms with Gasteiger partial charge in [-0.1, -0.05) is 44.2 Å². The zero-order chi connectivity index (χ0) is 28.5. The minimum atomic E-state index is -0.280. The number of hydrogen-bond donors (Lipinski definition) is 1. The monoisotopic (exact) mass is 551 g/mol. The van der Waals surface area contributed by atoms with Gasteiger partial charge in [-0.3, -0.25) is 4.90 Å². The van der Waals surface area contributed by atoms with Crippen LogP contribution >= 0.6 is 0 Å². The van der Waals surface area contributed by atoms with E-state index in [1.807, 2.05) is 20.8 Å². The zero-order valence-corrected chi connectivity index (χ0v) is 25.4. The van der Waals surface area contributed by atoms with Gasteiger partial charge in [0.1, 0.15) is 17.3 Å². The Kier molecular flexibility index (Phi) is 8.53. The predicted octanol–water partition coefficient (Wildman–Crippen LogP) is 5.88. The number of oxime groups is 1. The topological polar surface area (TPSA) is 66.8 Å². The van der Waals surface area contributed by atoms with Crippen molar-refractivity contribution in [3.8, 4) is 11.5 Å². The van der Waals surface area contributed by atoms with Gasteiger partial charge in [0.25, 0.3) is 0 Å². The van der Waals surface area contributed by atoms with E-state index in [0.29, 0.717) is 19.1 Å². The summed E-state index contributed by atoms with van der Waals surface area (Å²) in [6, 6.07) is 4.43. The van der Waals surface area contributed by atoms with Crippen molar-refractivity contribution < 1.29 is 19.4 Å². The van der Waals surface area contributed by atoms with Crippen molar-refractivity contribution >= 4 is 5.84 Å². The fourth-order valence-corrected chi connectivity index (χ4v) is 6.61. The predicted molar refractivity (Wildman–Crippen MR) is 160 cm³/mol. The molecule has 2 fully saturated rings. The van der Waals surface area contributed by atoms with Crippen LogP contribution in [0.5, 0.6) is 11.5 Å². The van der Waals surface area contributed by atoms with Crippen LogP contribution in [0.15, 0.2) is 41.1 Å². The van der Waals surface area contributed by atoms with Gasteiger partial charge < -0.3 is 24.3 Å². The Balaban J connectivity index is 1.22. The van der Waals surface area contributed by atoms with Crippen LogP contribution in [0.3, 0.4) is 0 Å². The first-order valence-corrected chi connectivity index (χ1v) is 15.4. The molecule has 0 bridgehead atoms. The van der Waals surface area contributed by atoms with Crippen LogP contribution in [0.2, 0.25) is 0 Å². The number of amidine groups is 1. The first-order valence-electron chi connectivity index (χ1n) is 15.4. The summed E-state index contributed by atoms with van der Waals surface area (Å²) in [6.45, 7) is 18.4. The molecule has 0 aromatic heterocycles. The van der Waals surface area contributed by atoms with Crippen LogP contribution in [0.25, 0.3) is 0 Å². The lowest BCUT2D eigenvalue weighted by Gasteiger charge is -2.46. The summed E-state index contributed by atoms with van der Waals surface area (Å²) >= 11 is 0. The third kappa shape index (κ3) is 5.91. The Hall–Kier alpha value is -2.51. The lowest BCUT2D eigenvalue weighted by atomic mass is 9.76. The van der Waals surface area contributed by atoms with Gasteiger partial charge in [-0.05, 0) is 74.6 Å². The van der Waals surface area contributed by atoms with Crippen LogP contribution in [0.1, 0.15) is 84.3 Å². The number of likely N-dealkylation sites (tertiary alicyclic amines) is 2. The smallest absolute Gasteiger partial charge is 0.170 e. The van der Waals surface area contributed by atoms with Gasteiger partial charge >= 0.3 is 0 Å². The molecule has 40 heavy (non-hydrogen) atoms. The standard InChI is InChI=1S/C33H49N3O4/c1-7-38-28-17-25(18-29(39-8-2)31(28)27-11-9-26(10-12-27)23(3)4)20-35-21-33(22-35)19-30(34-40-33)36-15-13-32(6,14-16-36)24(5)37/h9-11,17-18,23-24,27,37H,7-8,12-16,19-22H2,1-6H3. The van der Waals surface area contributed by atoms with Gasteiger partial charge in [0.15, 0.2) is 5.60 Å². The summed E-state index contributed by atoms with van der Waals surface area (Å²) in [5.41, 5.74) is 3.55. The largest absolute Gasteiger partial charge is 0.493 e. The summed E-state index contributed by atoms with van der Waals surface area (Å²) in [5, 5.41) is 14.7. The lowest BCUT2D eigenvalue weighted by Crippen LogP contribution is -2.61. The maximum atomic E-state index is 10.2. The quantitative estimate of drug-likeness (QED) is 0.413. The molecule has 3 aliphatic heterocycles. The molecular weight excluding hydrogens is 502 g/mol. The first kappa shape index (κ1) is 29.0. The SMILES string of the molecule is CCOc1cc(CN2CC3(CC(N4CCC(C)(C(C)O)CC4)=NO3)C2)cc(OCC)c1C1C=CC(C(C)C)=CC1. The zero-order valence-electron chi connectivity index (χ0n) is 25.4. The van der Waals surface area contributed by atoms with Gasteiger partial charge in [-0.2, -0.15) is 0 Å². The van der Waals surface area contributed by atoms with E-state index in [1.54, 1.807) is 0 Å². The van der Waals surface area contributed by atoms with Gasteiger partial charge in [0, 0.05) is 44.2 Å². The number of piperidine rings is 1. The molecule has 1 N–H and O–H groups in total. The summed E-state index contributed by atoms with van der Waals surface area (Å²) in [6.07, 6.45) is 10.5. The molecule has 0 radical (unpaired) electrons. The van der Waals surface area contributed by atoms with Crippen molar-refractivity contribution in [2.24, 2.45) is 16.5 Å². The van der Waals surface area contributed by atoms with Crippen LogP contribution in [-0.2, 0) is 11.4 Å². The van der Waals surface area contributed by atoms with E-state index in [-0.39, 0.29) is 23.0 Å². The van der Waals surface area contributed by atoms with Crippen LogP contribution in [-0.4, -0.2) is 71.8 Å². The third-order valence-electron chi connectivity index (χ3n) is 9.46. The second-order valence-electron chi connectivity index (χ2n) is 12.9. The number of ether oxygens (including phenoxy) is 2. The molecule has 2 saturated heterocycles. The average Bonchev–Trinajstić information content (AvgIpc) is 3.35. The Morgan fingerprint density at radius 3 is 2.25 bits per heavy atom. The molecule has 7 heteroatoms. The van der Waals surface area contributed by atoms with Gasteiger partial charge in [-0.25, -0.2) is 0 Å². The van der Waals surface area contributed by atoms with Crippen molar-refractivity contribution in [2.45, 2.75) is 91.4 Å². The second-order valence-corrected chi connectivity index (χ2v) is 12.9. The summed E-state index contributed by atoms with van der Waals surface area (Å²) in [4.78, 5) is 10.8. The van der Waals surface area contributed by atoms with E-state index in [0.717, 1.165) is 81.3 Å². The van der Waals surface area contributed by atoms with E-state index >= 15 is 0 Å². The van der Waals surface area contributed by atoms with Gasteiger partial charge in [0.05, 0.1) is 25.7 Å². The number of benzene rings is 1. The molecule has 7 nitrogen and oxygen atoms in total. The van der Waals surface area contributed by atoms with E-state index in [2.05, 4.69) is 66.1 Å². The van der Waals surface area contributed by atoms with Crippen LogP contribution in [0.4, 0.5) is 0 Å². The minimum absolute atomic E-state index is 0.00128. The van der Waals surface area contributed by atoms with E-state index in [4.69, 9.17) is 14.3 Å². The van der Waals surface area contributed by atoms with Crippen LogP contribution in [0, 0.1) is 11.3 Å². The average molecular weight is 552 g/mol. The number of allylic oxidation sites excluding steroid dienone is 4. The van der Waals surface area contributed by atoms with Crippen molar-refractivity contribution in [3.05, 3.63) is 47.1 Å². The van der Waals surface area contributed by atoms with Crippen molar-refractivity contribution in [1.82, 2.24) is 9.80 Å². The molecular formula is C33H49N3O4. The second kappa shape index (κ2) is 11.8. The Morgan fingerprint density at radius 1 is 1.07 bits per heavy atom. The highest BCUT2D eigenvalue weighted by Gasteiger charge is 2.51. The van der Waals surface area contributed by atoms with Crippen molar-refractivity contribution in [3.63, 3.8) is 0 Å². The maximum absolute atomic E-state index is 10.2. The molecule has 1 aromatic rings. The van der Waals surface area contributed by atoms with Crippen molar-refractivity contribution in [1.29, 1.82) is 0 Å². The Labute approximate surface area is 240 Å². The fraction of sp³-hybridized carbons (Fsp3) is 0.667.